The van der Waals surface area contributed by atoms with E-state index in [1.165, 1.54) is 12.8 Å². The summed E-state index contributed by atoms with van der Waals surface area (Å²) >= 11 is 0. The number of nitrogens with zero attached hydrogens (tertiary/aromatic N) is 4. The fourth-order valence-electron chi connectivity index (χ4n) is 5.09. The van der Waals surface area contributed by atoms with Gasteiger partial charge in [0, 0.05) is 31.9 Å². The van der Waals surface area contributed by atoms with Gasteiger partial charge in [0.05, 0.1) is 24.7 Å². The van der Waals surface area contributed by atoms with E-state index < -0.39 is 0 Å². The summed E-state index contributed by atoms with van der Waals surface area (Å²) in [4.78, 5) is 36.4. The van der Waals surface area contributed by atoms with Crippen molar-refractivity contribution in [2.75, 3.05) is 45.8 Å². The molecule has 164 valence electrons. The smallest absolute Gasteiger partial charge is 0.236 e. The number of aromatic nitrogens is 1. The predicted molar refractivity (Wildman–Crippen MR) is 116 cm³/mol. The predicted octanol–water partition coefficient (Wildman–Crippen LogP) is 1.50. The van der Waals surface area contributed by atoms with Gasteiger partial charge in [-0.05, 0) is 70.3 Å². The maximum absolute atomic E-state index is 12.7. The number of pyridine rings is 1. The molecular weight excluding hydrogens is 378 g/mol. The summed E-state index contributed by atoms with van der Waals surface area (Å²) < 4.78 is 0. The van der Waals surface area contributed by atoms with Gasteiger partial charge < -0.3 is 10.2 Å². The number of carbonyl (C=O) groups excluding carboxylic acids is 2. The van der Waals surface area contributed by atoms with Gasteiger partial charge >= 0.3 is 0 Å². The molecule has 3 aliphatic heterocycles. The van der Waals surface area contributed by atoms with Gasteiger partial charge in [0.15, 0.2) is 0 Å². The van der Waals surface area contributed by atoms with E-state index >= 15 is 0 Å². The highest BCUT2D eigenvalue weighted by atomic mass is 16.2. The maximum Gasteiger partial charge on any atom is 0.236 e. The van der Waals surface area contributed by atoms with E-state index in [2.05, 4.69) is 25.0 Å². The topological polar surface area (TPSA) is 68.8 Å². The number of piperidine rings is 2. The van der Waals surface area contributed by atoms with E-state index in [-0.39, 0.29) is 11.8 Å². The normalized spacial score (nSPS) is 24.1. The Morgan fingerprint density at radius 1 is 1.00 bits per heavy atom. The van der Waals surface area contributed by atoms with Crippen molar-refractivity contribution in [2.24, 2.45) is 5.92 Å². The molecule has 1 aromatic heterocycles. The lowest BCUT2D eigenvalue weighted by atomic mass is 9.93. The van der Waals surface area contributed by atoms with Crippen LogP contribution in [0.4, 0.5) is 0 Å². The van der Waals surface area contributed by atoms with Crippen molar-refractivity contribution < 1.29 is 9.59 Å². The van der Waals surface area contributed by atoms with Crippen LogP contribution in [0.25, 0.3) is 0 Å². The Kier molecular flexibility index (Phi) is 7.33. The average molecular weight is 414 g/mol. The van der Waals surface area contributed by atoms with Crippen LogP contribution >= 0.6 is 0 Å². The zero-order valence-electron chi connectivity index (χ0n) is 18.0. The van der Waals surface area contributed by atoms with Crippen LogP contribution in [-0.2, 0) is 16.1 Å². The van der Waals surface area contributed by atoms with Crippen LogP contribution in [0.2, 0.25) is 0 Å². The van der Waals surface area contributed by atoms with Crippen LogP contribution in [0.1, 0.15) is 44.2 Å². The molecule has 4 rings (SSSR count). The summed E-state index contributed by atoms with van der Waals surface area (Å²) in [6.07, 6.45) is 8.27. The zero-order chi connectivity index (χ0) is 20.8. The first-order valence-electron chi connectivity index (χ1n) is 11.6. The molecule has 0 saturated carbocycles. The molecule has 1 aromatic rings. The first-order valence-corrected chi connectivity index (χ1v) is 11.6. The molecule has 3 saturated heterocycles. The molecule has 30 heavy (non-hydrogen) atoms. The SMILES string of the molecule is O=C(NCc1ccccn1)[C@@H]1CCCN(C2CCN(C(=O)CN3CCCC3)CC2)C1. The lowest BCUT2D eigenvalue weighted by Crippen LogP contribution is -2.52. The van der Waals surface area contributed by atoms with E-state index in [1.807, 2.05) is 18.2 Å². The molecule has 1 N–H and O–H groups in total. The Labute approximate surface area is 179 Å². The number of hydrogen-bond acceptors (Lipinski definition) is 5. The van der Waals surface area contributed by atoms with Crippen LogP contribution in [0.5, 0.6) is 0 Å². The van der Waals surface area contributed by atoms with Gasteiger partial charge in [-0.1, -0.05) is 6.07 Å². The molecule has 0 spiro atoms. The molecule has 2 amide bonds. The highest BCUT2D eigenvalue weighted by Gasteiger charge is 2.32. The Balaban J connectivity index is 1.21. The number of amides is 2. The Morgan fingerprint density at radius 3 is 2.53 bits per heavy atom. The second-order valence-electron chi connectivity index (χ2n) is 8.97. The number of likely N-dealkylation sites (tertiary alicyclic amines) is 3. The third-order valence-corrected chi connectivity index (χ3v) is 6.88. The van der Waals surface area contributed by atoms with Crippen molar-refractivity contribution in [3.8, 4) is 0 Å². The molecule has 3 aliphatic rings. The van der Waals surface area contributed by atoms with Crippen molar-refractivity contribution in [3.63, 3.8) is 0 Å². The van der Waals surface area contributed by atoms with E-state index in [1.54, 1.807) is 6.20 Å². The third kappa shape index (κ3) is 5.58. The average Bonchev–Trinajstić information content (AvgIpc) is 3.31. The van der Waals surface area contributed by atoms with Gasteiger partial charge in [0.2, 0.25) is 11.8 Å². The molecule has 0 aromatic carbocycles. The third-order valence-electron chi connectivity index (χ3n) is 6.88. The summed E-state index contributed by atoms with van der Waals surface area (Å²) in [5, 5.41) is 3.06. The molecule has 0 radical (unpaired) electrons. The molecule has 7 heteroatoms. The van der Waals surface area contributed by atoms with Crippen LogP contribution in [-0.4, -0.2) is 83.4 Å². The first-order chi connectivity index (χ1) is 14.7. The fraction of sp³-hybridized carbons (Fsp3) is 0.696. The lowest BCUT2D eigenvalue weighted by Gasteiger charge is -2.42. The minimum Gasteiger partial charge on any atom is -0.350 e. The lowest BCUT2D eigenvalue weighted by molar-refractivity contribution is -0.133. The van der Waals surface area contributed by atoms with Crippen LogP contribution < -0.4 is 5.32 Å². The first kappa shape index (κ1) is 21.2. The van der Waals surface area contributed by atoms with Crippen LogP contribution in [0.3, 0.4) is 0 Å². The summed E-state index contributed by atoms with van der Waals surface area (Å²) in [5.41, 5.74) is 0.893. The summed E-state index contributed by atoms with van der Waals surface area (Å²) in [6, 6.07) is 6.26. The number of hydrogen-bond donors (Lipinski definition) is 1. The van der Waals surface area contributed by atoms with Gasteiger partial charge in [-0.2, -0.15) is 0 Å². The number of nitrogens with one attached hydrogen (secondary N) is 1. The minimum absolute atomic E-state index is 0.0530. The quantitative estimate of drug-likeness (QED) is 0.765. The molecule has 0 aliphatic carbocycles. The largest absolute Gasteiger partial charge is 0.350 e. The van der Waals surface area contributed by atoms with E-state index in [0.29, 0.717) is 25.0 Å². The molecule has 0 unspecified atom stereocenters. The zero-order valence-corrected chi connectivity index (χ0v) is 18.0. The van der Waals surface area contributed by atoms with Gasteiger partial charge in [-0.25, -0.2) is 0 Å². The summed E-state index contributed by atoms with van der Waals surface area (Å²) in [5.74, 6) is 0.488. The maximum atomic E-state index is 12.7. The highest BCUT2D eigenvalue weighted by Crippen LogP contribution is 2.24. The molecule has 7 nitrogen and oxygen atoms in total. The fourth-order valence-corrected chi connectivity index (χ4v) is 5.09. The highest BCUT2D eigenvalue weighted by molar-refractivity contribution is 5.79. The summed E-state index contributed by atoms with van der Waals surface area (Å²) in [7, 11) is 0. The molecular formula is C23H35N5O2. The van der Waals surface area contributed by atoms with E-state index in [0.717, 1.165) is 70.6 Å². The standard InChI is InChI=1S/C23H35N5O2/c29-22(18-26-11-3-4-12-26)27-14-8-21(9-15-27)28-13-5-6-19(17-28)23(30)25-16-20-7-1-2-10-24-20/h1-2,7,10,19,21H,3-6,8-9,11-18H2,(H,25,30)/t19-/m1/s1. The van der Waals surface area contributed by atoms with Crippen LogP contribution in [0.15, 0.2) is 24.4 Å². The van der Waals surface area contributed by atoms with E-state index in [4.69, 9.17) is 0 Å². The number of rotatable bonds is 6. The Bertz CT molecular complexity index is 699. The molecule has 4 heterocycles. The van der Waals surface area contributed by atoms with Crippen molar-refractivity contribution in [1.29, 1.82) is 0 Å². The van der Waals surface area contributed by atoms with Gasteiger partial charge in [0.25, 0.3) is 0 Å². The minimum atomic E-state index is 0.0530. The van der Waals surface area contributed by atoms with Gasteiger partial charge in [-0.3, -0.25) is 24.4 Å². The molecule has 0 bridgehead atoms. The van der Waals surface area contributed by atoms with E-state index in [9.17, 15) is 9.59 Å². The molecule has 1 atom stereocenters. The van der Waals surface area contributed by atoms with Gasteiger partial charge in [0.1, 0.15) is 0 Å². The van der Waals surface area contributed by atoms with Crippen molar-refractivity contribution in [1.82, 2.24) is 25.0 Å². The molecule has 3 fully saturated rings. The second kappa shape index (κ2) is 10.4. The van der Waals surface area contributed by atoms with Crippen molar-refractivity contribution in [3.05, 3.63) is 30.1 Å². The Morgan fingerprint density at radius 2 is 1.80 bits per heavy atom. The number of carbonyl (C=O) groups is 2. The summed E-state index contributed by atoms with van der Waals surface area (Å²) in [6.45, 7) is 6.83. The van der Waals surface area contributed by atoms with Crippen molar-refractivity contribution >= 4 is 11.8 Å². The second-order valence-corrected chi connectivity index (χ2v) is 8.97. The van der Waals surface area contributed by atoms with Gasteiger partial charge in [-0.15, -0.1) is 0 Å². The monoisotopic (exact) mass is 413 g/mol. The van der Waals surface area contributed by atoms with Crippen molar-refractivity contribution in [2.45, 2.75) is 51.1 Å². The Hall–Kier alpha value is -1.99. The van der Waals surface area contributed by atoms with Crippen LogP contribution in [0, 0.1) is 5.92 Å².